The Bertz CT molecular complexity index is 66.7. The molecule has 1 amide bonds. The lowest BCUT2D eigenvalue weighted by atomic mass is 10.5. The monoisotopic (exact) mass is 161 g/mol. The van der Waals surface area contributed by atoms with Gasteiger partial charge in [-0.15, -0.1) is 0 Å². The molecule has 0 aromatic carbocycles. The molecule has 0 aromatic rings. The van der Waals surface area contributed by atoms with Gasteiger partial charge in [-0.05, 0) is 20.0 Å². The fourth-order valence-electron chi connectivity index (χ4n) is 0.256. The molecule has 0 atom stereocenters. The fraction of sp³-hybridized carbons (Fsp3) is 0.857. The predicted octanol–water partition coefficient (Wildman–Crippen LogP) is -0.693. The predicted molar refractivity (Wildman–Crippen MR) is 47.3 cm³/mol. The number of rotatable bonds is 5. The molecule has 0 aromatic heterocycles. The number of carbonyl (C=O) groups is 1. The van der Waals surface area contributed by atoms with Crippen molar-refractivity contribution < 1.29 is 4.79 Å². The maximum Gasteiger partial charge on any atom is 0.207 e. The van der Waals surface area contributed by atoms with Crippen molar-refractivity contribution >= 4 is 6.41 Å². The van der Waals surface area contributed by atoms with Gasteiger partial charge in [0, 0.05) is 13.1 Å². The van der Waals surface area contributed by atoms with Crippen molar-refractivity contribution in [2.45, 2.75) is 13.3 Å². The van der Waals surface area contributed by atoms with Gasteiger partial charge in [0.1, 0.15) is 0 Å². The minimum absolute atomic E-state index is 0.692. The van der Waals surface area contributed by atoms with E-state index >= 15 is 0 Å². The molecule has 0 spiro atoms. The van der Waals surface area contributed by atoms with Crippen LogP contribution in [0.3, 0.4) is 0 Å². The SMILES string of the molecule is CCCN.CNCCNC=O. The van der Waals surface area contributed by atoms with E-state index in [1.165, 1.54) is 0 Å². The van der Waals surface area contributed by atoms with Crippen LogP contribution in [-0.4, -0.2) is 33.1 Å². The third-order valence-electron chi connectivity index (χ3n) is 0.891. The van der Waals surface area contributed by atoms with Crippen molar-refractivity contribution in [3.05, 3.63) is 0 Å². The van der Waals surface area contributed by atoms with E-state index in [2.05, 4.69) is 17.6 Å². The van der Waals surface area contributed by atoms with Gasteiger partial charge in [-0.1, -0.05) is 6.92 Å². The van der Waals surface area contributed by atoms with Crippen LogP contribution in [0.25, 0.3) is 0 Å². The first-order valence-electron chi connectivity index (χ1n) is 3.85. The largest absolute Gasteiger partial charge is 0.357 e. The van der Waals surface area contributed by atoms with Gasteiger partial charge >= 0.3 is 0 Å². The molecular formula is C7H19N3O. The highest BCUT2D eigenvalue weighted by atomic mass is 16.1. The summed E-state index contributed by atoms with van der Waals surface area (Å²) >= 11 is 0. The van der Waals surface area contributed by atoms with Crippen molar-refractivity contribution in [2.75, 3.05) is 26.7 Å². The molecule has 68 valence electrons. The maximum absolute atomic E-state index is 9.54. The van der Waals surface area contributed by atoms with Gasteiger partial charge < -0.3 is 16.4 Å². The van der Waals surface area contributed by atoms with Gasteiger partial charge in [0.05, 0.1) is 0 Å². The van der Waals surface area contributed by atoms with Crippen LogP contribution in [0.2, 0.25) is 0 Å². The van der Waals surface area contributed by atoms with E-state index in [0.29, 0.717) is 13.0 Å². The summed E-state index contributed by atoms with van der Waals surface area (Å²) < 4.78 is 0. The van der Waals surface area contributed by atoms with Gasteiger partial charge in [0.15, 0.2) is 0 Å². The second-order valence-corrected chi connectivity index (χ2v) is 1.96. The fourth-order valence-corrected chi connectivity index (χ4v) is 0.256. The number of nitrogens with two attached hydrogens (primary N) is 1. The molecule has 0 saturated carbocycles. The van der Waals surface area contributed by atoms with Crippen LogP contribution in [0.1, 0.15) is 13.3 Å². The molecular weight excluding hydrogens is 142 g/mol. The van der Waals surface area contributed by atoms with Crippen molar-refractivity contribution in [3.8, 4) is 0 Å². The second kappa shape index (κ2) is 16.2. The summed E-state index contributed by atoms with van der Waals surface area (Å²) in [7, 11) is 1.84. The topological polar surface area (TPSA) is 67.2 Å². The first kappa shape index (κ1) is 13.0. The summed E-state index contributed by atoms with van der Waals surface area (Å²) in [5, 5.41) is 5.39. The average molecular weight is 161 g/mol. The zero-order chi connectivity index (χ0) is 8.95. The number of hydrogen-bond donors (Lipinski definition) is 3. The van der Waals surface area contributed by atoms with Crippen LogP contribution >= 0.6 is 0 Å². The third-order valence-corrected chi connectivity index (χ3v) is 0.891. The summed E-state index contributed by atoms with van der Waals surface area (Å²) in [6.45, 7) is 4.42. The molecule has 0 rings (SSSR count). The van der Waals surface area contributed by atoms with Gasteiger partial charge in [-0.2, -0.15) is 0 Å². The lowest BCUT2D eigenvalue weighted by molar-refractivity contribution is -0.109. The van der Waals surface area contributed by atoms with Crippen molar-refractivity contribution in [1.29, 1.82) is 0 Å². The minimum Gasteiger partial charge on any atom is -0.357 e. The molecule has 0 unspecified atom stereocenters. The van der Waals surface area contributed by atoms with Crippen LogP contribution in [0.15, 0.2) is 0 Å². The smallest absolute Gasteiger partial charge is 0.207 e. The summed E-state index contributed by atoms with van der Waals surface area (Å²) in [5.74, 6) is 0. The van der Waals surface area contributed by atoms with Gasteiger partial charge in [-0.3, -0.25) is 4.79 Å². The Kier molecular flexibility index (Phi) is 19.2. The molecule has 0 radical (unpaired) electrons. The number of nitrogens with one attached hydrogen (secondary N) is 2. The van der Waals surface area contributed by atoms with E-state index in [1.807, 2.05) is 7.05 Å². The normalized spacial score (nSPS) is 7.91. The number of hydrogen-bond acceptors (Lipinski definition) is 3. The van der Waals surface area contributed by atoms with Gasteiger partial charge in [-0.25, -0.2) is 0 Å². The lowest BCUT2D eigenvalue weighted by Crippen LogP contribution is -2.23. The Hall–Kier alpha value is -0.610. The van der Waals surface area contributed by atoms with Crippen LogP contribution in [0.5, 0.6) is 0 Å². The molecule has 0 aliphatic rings. The van der Waals surface area contributed by atoms with Crippen LogP contribution in [0, 0.1) is 0 Å². The molecule has 0 heterocycles. The lowest BCUT2D eigenvalue weighted by Gasteiger charge is -1.93. The zero-order valence-corrected chi connectivity index (χ0v) is 7.39. The standard InChI is InChI=1S/C4H10N2O.C3H9N/c1-5-2-3-6-4-7;1-2-3-4/h4-5H,2-3H2,1H3,(H,6,7);2-4H2,1H3. The number of amides is 1. The number of likely N-dealkylation sites (N-methyl/N-ethyl adjacent to an activating group) is 1. The first-order valence-corrected chi connectivity index (χ1v) is 3.85. The summed E-state index contributed by atoms with van der Waals surface area (Å²) in [4.78, 5) is 9.54. The van der Waals surface area contributed by atoms with Gasteiger partial charge in [0.25, 0.3) is 0 Å². The van der Waals surface area contributed by atoms with E-state index in [-0.39, 0.29) is 0 Å². The molecule has 0 aliphatic carbocycles. The van der Waals surface area contributed by atoms with E-state index < -0.39 is 0 Å². The summed E-state index contributed by atoms with van der Waals surface area (Å²) in [6.07, 6.45) is 1.79. The molecule has 0 fully saturated rings. The van der Waals surface area contributed by atoms with Crippen molar-refractivity contribution in [2.24, 2.45) is 5.73 Å². The number of carbonyl (C=O) groups excluding carboxylic acids is 1. The van der Waals surface area contributed by atoms with E-state index in [0.717, 1.165) is 19.5 Å². The summed E-state index contributed by atoms with van der Waals surface area (Å²) in [6, 6.07) is 0. The molecule has 11 heavy (non-hydrogen) atoms. The molecule has 4 heteroatoms. The van der Waals surface area contributed by atoms with Crippen LogP contribution in [-0.2, 0) is 4.79 Å². The van der Waals surface area contributed by atoms with Gasteiger partial charge in [0.2, 0.25) is 6.41 Å². The molecule has 4 nitrogen and oxygen atoms in total. The maximum atomic E-state index is 9.54. The Morgan fingerprint density at radius 3 is 2.27 bits per heavy atom. The highest BCUT2D eigenvalue weighted by Crippen LogP contribution is 1.57. The summed E-state index contributed by atoms with van der Waals surface area (Å²) in [5.41, 5.74) is 5.03. The molecule has 0 bridgehead atoms. The third kappa shape index (κ3) is 26.6. The Balaban J connectivity index is 0. The molecule has 4 N–H and O–H groups in total. The van der Waals surface area contributed by atoms with Crippen molar-refractivity contribution in [1.82, 2.24) is 10.6 Å². The van der Waals surface area contributed by atoms with E-state index in [9.17, 15) is 4.79 Å². The van der Waals surface area contributed by atoms with Crippen LogP contribution < -0.4 is 16.4 Å². The Morgan fingerprint density at radius 2 is 2.00 bits per heavy atom. The van der Waals surface area contributed by atoms with E-state index in [4.69, 9.17) is 5.73 Å². The quantitative estimate of drug-likeness (QED) is 0.369. The highest BCUT2D eigenvalue weighted by Gasteiger charge is 1.74. The minimum atomic E-state index is 0.692. The highest BCUT2D eigenvalue weighted by molar-refractivity contribution is 5.45. The van der Waals surface area contributed by atoms with Crippen molar-refractivity contribution in [3.63, 3.8) is 0 Å². The second-order valence-electron chi connectivity index (χ2n) is 1.96. The molecule has 0 saturated heterocycles. The Labute approximate surface area is 68.5 Å². The first-order chi connectivity index (χ1) is 5.33. The zero-order valence-electron chi connectivity index (χ0n) is 7.39. The average Bonchev–Trinajstić information content (AvgIpc) is 2.06. The Morgan fingerprint density at radius 1 is 1.45 bits per heavy atom. The molecule has 0 aliphatic heterocycles. The van der Waals surface area contributed by atoms with Crippen LogP contribution in [0.4, 0.5) is 0 Å². The van der Waals surface area contributed by atoms with E-state index in [1.54, 1.807) is 0 Å².